The third kappa shape index (κ3) is 3.48. The van der Waals surface area contributed by atoms with Crippen molar-refractivity contribution in [3.8, 4) is 5.69 Å². The number of halogens is 4. The largest absolute Gasteiger partial charge is 0.453 e. The van der Waals surface area contributed by atoms with Crippen molar-refractivity contribution in [2.24, 2.45) is 0 Å². The molecule has 1 aromatic carbocycles. The van der Waals surface area contributed by atoms with E-state index in [2.05, 4.69) is 15.4 Å². The second-order valence-corrected chi connectivity index (χ2v) is 7.49. The van der Waals surface area contributed by atoms with E-state index in [1.54, 1.807) is 19.9 Å². The highest BCUT2D eigenvalue weighted by atomic mass is 35.7. The SMILES string of the molecule is CCc1cc(C)c(-n2nc(C(F)(F)F)nc2NC)cc1S(=O)(=O)Cl. The Hall–Kier alpha value is -1.81. The first-order chi connectivity index (χ1) is 11.0. The predicted molar refractivity (Wildman–Crippen MR) is 83.1 cm³/mol. The summed E-state index contributed by atoms with van der Waals surface area (Å²) in [5.41, 5.74) is 1.14. The van der Waals surface area contributed by atoms with E-state index in [0.29, 0.717) is 17.5 Å². The molecule has 0 radical (unpaired) electrons. The maximum absolute atomic E-state index is 12.8. The van der Waals surface area contributed by atoms with Gasteiger partial charge in [0.2, 0.25) is 5.95 Å². The van der Waals surface area contributed by atoms with E-state index in [-0.39, 0.29) is 16.5 Å². The number of rotatable bonds is 4. The van der Waals surface area contributed by atoms with Gasteiger partial charge >= 0.3 is 6.18 Å². The lowest BCUT2D eigenvalue weighted by molar-refractivity contribution is -0.144. The van der Waals surface area contributed by atoms with Crippen LogP contribution in [0.2, 0.25) is 0 Å². The van der Waals surface area contributed by atoms with Crippen LogP contribution in [0.15, 0.2) is 17.0 Å². The second-order valence-electron chi connectivity index (χ2n) is 4.96. The quantitative estimate of drug-likeness (QED) is 0.822. The van der Waals surface area contributed by atoms with Crippen LogP contribution in [0.25, 0.3) is 5.69 Å². The van der Waals surface area contributed by atoms with Crippen molar-refractivity contribution in [1.29, 1.82) is 0 Å². The summed E-state index contributed by atoms with van der Waals surface area (Å²) in [6.45, 7) is 3.38. The van der Waals surface area contributed by atoms with Crippen LogP contribution in [0.5, 0.6) is 0 Å². The molecule has 6 nitrogen and oxygen atoms in total. The molecule has 2 rings (SSSR count). The minimum atomic E-state index is -4.73. The highest BCUT2D eigenvalue weighted by Crippen LogP contribution is 2.31. The number of hydrogen-bond acceptors (Lipinski definition) is 5. The Bertz CT molecular complexity index is 878. The molecule has 0 aliphatic rings. The molecular formula is C13H14ClF3N4O2S. The average molecular weight is 383 g/mol. The smallest absolute Gasteiger partial charge is 0.357 e. The van der Waals surface area contributed by atoms with Crippen LogP contribution in [0.4, 0.5) is 19.1 Å². The summed E-state index contributed by atoms with van der Waals surface area (Å²) < 4.78 is 62.9. The lowest BCUT2D eigenvalue weighted by Gasteiger charge is -2.13. The number of aryl methyl sites for hydroxylation is 2. The fourth-order valence-electron chi connectivity index (χ4n) is 2.23. The average Bonchev–Trinajstić information content (AvgIpc) is 2.89. The number of nitrogens with one attached hydrogen (secondary N) is 1. The number of hydrogen-bond donors (Lipinski definition) is 1. The molecule has 0 aliphatic carbocycles. The molecule has 0 saturated carbocycles. The van der Waals surface area contributed by atoms with Crippen LogP contribution in [0.1, 0.15) is 23.9 Å². The summed E-state index contributed by atoms with van der Waals surface area (Å²) in [6, 6.07) is 2.76. The van der Waals surface area contributed by atoms with Gasteiger partial charge in [0.05, 0.1) is 10.6 Å². The molecule has 11 heteroatoms. The van der Waals surface area contributed by atoms with Crippen LogP contribution in [-0.4, -0.2) is 30.2 Å². The second kappa shape index (κ2) is 6.25. The molecule has 0 amide bonds. The van der Waals surface area contributed by atoms with E-state index in [1.165, 1.54) is 13.1 Å². The van der Waals surface area contributed by atoms with Crippen molar-refractivity contribution >= 4 is 25.7 Å². The molecule has 0 fully saturated rings. The molecule has 0 bridgehead atoms. The maximum atomic E-state index is 12.8. The Kier molecular flexibility index (Phi) is 4.82. The summed E-state index contributed by atoms with van der Waals surface area (Å²) in [5, 5.41) is 5.95. The molecule has 1 aromatic heterocycles. The van der Waals surface area contributed by atoms with Gasteiger partial charge in [-0.15, -0.1) is 5.10 Å². The molecular weight excluding hydrogens is 369 g/mol. The van der Waals surface area contributed by atoms with Gasteiger partial charge in [-0.1, -0.05) is 13.0 Å². The van der Waals surface area contributed by atoms with E-state index >= 15 is 0 Å². The topological polar surface area (TPSA) is 76.9 Å². The van der Waals surface area contributed by atoms with Crippen molar-refractivity contribution < 1.29 is 21.6 Å². The standard InChI is InChI=1S/C13H14ClF3N4O2S/c1-4-8-5-7(2)9(6-10(8)24(14,22)23)21-12(18-3)19-11(20-21)13(15,16)17/h5-6H,4H2,1-3H3,(H,18,19,20). The lowest BCUT2D eigenvalue weighted by atomic mass is 10.1. The third-order valence-electron chi connectivity index (χ3n) is 3.34. The number of aromatic nitrogens is 3. The van der Waals surface area contributed by atoms with Crippen LogP contribution < -0.4 is 5.32 Å². The summed E-state index contributed by atoms with van der Waals surface area (Å²) in [4.78, 5) is 3.22. The van der Waals surface area contributed by atoms with Gasteiger partial charge in [0.25, 0.3) is 14.9 Å². The summed E-state index contributed by atoms with van der Waals surface area (Å²) in [5.74, 6) is -1.51. The summed E-state index contributed by atoms with van der Waals surface area (Å²) in [7, 11) is 2.76. The third-order valence-corrected chi connectivity index (χ3v) is 4.74. The zero-order chi connectivity index (χ0) is 18.3. The van der Waals surface area contributed by atoms with Gasteiger partial charge in [0.15, 0.2) is 0 Å². The van der Waals surface area contributed by atoms with Gasteiger partial charge in [-0.25, -0.2) is 8.42 Å². The molecule has 0 spiro atoms. The number of anilines is 1. The van der Waals surface area contributed by atoms with Gasteiger partial charge < -0.3 is 5.32 Å². The zero-order valence-electron chi connectivity index (χ0n) is 12.9. The van der Waals surface area contributed by atoms with Gasteiger partial charge in [-0.2, -0.15) is 22.8 Å². The van der Waals surface area contributed by atoms with E-state index in [4.69, 9.17) is 10.7 Å². The van der Waals surface area contributed by atoms with Crippen LogP contribution in [0, 0.1) is 6.92 Å². The van der Waals surface area contributed by atoms with E-state index in [9.17, 15) is 21.6 Å². The van der Waals surface area contributed by atoms with E-state index in [0.717, 1.165) is 4.68 Å². The fraction of sp³-hybridized carbons (Fsp3) is 0.385. The highest BCUT2D eigenvalue weighted by molar-refractivity contribution is 8.13. The summed E-state index contributed by atoms with van der Waals surface area (Å²) in [6.07, 6.45) is -4.33. The number of nitrogens with zero attached hydrogens (tertiary/aromatic N) is 3. The Morgan fingerprint density at radius 2 is 1.96 bits per heavy atom. The summed E-state index contributed by atoms with van der Waals surface area (Å²) >= 11 is 0. The molecule has 0 unspecified atom stereocenters. The Morgan fingerprint density at radius 3 is 2.42 bits per heavy atom. The first kappa shape index (κ1) is 18.5. The number of benzene rings is 1. The Morgan fingerprint density at radius 1 is 1.33 bits per heavy atom. The maximum Gasteiger partial charge on any atom is 0.453 e. The van der Waals surface area contributed by atoms with Crippen molar-refractivity contribution in [2.75, 3.05) is 12.4 Å². The fourth-order valence-corrected chi connectivity index (χ4v) is 3.43. The van der Waals surface area contributed by atoms with Crippen LogP contribution in [-0.2, 0) is 21.6 Å². The lowest BCUT2D eigenvalue weighted by Crippen LogP contribution is -2.10. The van der Waals surface area contributed by atoms with Crippen LogP contribution in [0.3, 0.4) is 0 Å². The van der Waals surface area contributed by atoms with Gasteiger partial charge in [0.1, 0.15) is 0 Å². The molecule has 1 N–H and O–H groups in total. The van der Waals surface area contributed by atoms with E-state index < -0.39 is 21.1 Å². The first-order valence-corrected chi connectivity index (χ1v) is 9.10. The molecule has 132 valence electrons. The predicted octanol–water partition coefficient (Wildman–Crippen LogP) is 3.13. The van der Waals surface area contributed by atoms with E-state index in [1.807, 2.05) is 0 Å². The van der Waals surface area contributed by atoms with Crippen molar-refractivity contribution in [3.05, 3.63) is 29.1 Å². The normalized spacial score (nSPS) is 12.5. The Labute approximate surface area is 141 Å². The Balaban J connectivity index is 2.76. The first-order valence-electron chi connectivity index (χ1n) is 6.79. The van der Waals surface area contributed by atoms with Crippen molar-refractivity contribution in [2.45, 2.75) is 31.3 Å². The minimum absolute atomic E-state index is 0.138. The zero-order valence-corrected chi connectivity index (χ0v) is 14.5. The van der Waals surface area contributed by atoms with Crippen molar-refractivity contribution in [3.63, 3.8) is 0 Å². The molecule has 0 saturated heterocycles. The van der Waals surface area contributed by atoms with Crippen LogP contribution >= 0.6 is 10.7 Å². The monoisotopic (exact) mass is 382 g/mol. The van der Waals surface area contributed by atoms with Gasteiger partial charge in [-0.05, 0) is 30.5 Å². The van der Waals surface area contributed by atoms with Crippen molar-refractivity contribution in [1.82, 2.24) is 14.8 Å². The molecule has 24 heavy (non-hydrogen) atoms. The molecule has 0 atom stereocenters. The molecule has 1 heterocycles. The van der Waals surface area contributed by atoms with Gasteiger partial charge in [-0.3, -0.25) is 0 Å². The van der Waals surface area contributed by atoms with Gasteiger partial charge in [0, 0.05) is 17.7 Å². The minimum Gasteiger partial charge on any atom is -0.357 e. The molecule has 2 aromatic rings. The molecule has 0 aliphatic heterocycles. The number of alkyl halides is 3. The highest BCUT2D eigenvalue weighted by Gasteiger charge is 2.37.